The summed E-state index contributed by atoms with van der Waals surface area (Å²) in [6.45, 7) is 3.79. The first-order valence-corrected chi connectivity index (χ1v) is 9.19. The predicted octanol–water partition coefficient (Wildman–Crippen LogP) is 0.316. The van der Waals surface area contributed by atoms with Crippen LogP contribution in [-0.2, 0) is 6.54 Å². The Bertz CT molecular complexity index is 535. The number of hydrogen-bond donors (Lipinski definition) is 3. The number of hydrogen-bond acceptors (Lipinski definition) is 7. The van der Waals surface area contributed by atoms with Crippen LogP contribution in [0.15, 0.2) is 18.2 Å². The van der Waals surface area contributed by atoms with E-state index in [0.717, 1.165) is 31.5 Å². The highest BCUT2D eigenvalue weighted by atomic mass is 16.5. The summed E-state index contributed by atoms with van der Waals surface area (Å²) < 4.78 is 11.2. The quantitative estimate of drug-likeness (QED) is 0.548. The van der Waals surface area contributed by atoms with Gasteiger partial charge in [0.15, 0.2) is 11.5 Å². The molecule has 1 aliphatic heterocycles. The first-order valence-electron chi connectivity index (χ1n) is 9.19. The van der Waals surface area contributed by atoms with Gasteiger partial charge in [-0.15, -0.1) is 0 Å². The molecule has 1 aromatic carbocycles. The standard InChI is InChI=1S/C19H32N2O5/c1-20(9-10-22)12-15-3-4-18(19(11-15)25-2)26-14-17(24)13-21-7-5-16(23)6-8-21/h3-4,11,16-17,22-24H,5-10,12-14H2,1-2H3. The number of aliphatic hydroxyl groups excluding tert-OH is 3. The fraction of sp³-hybridized carbons (Fsp3) is 0.684. The molecule has 0 radical (unpaired) electrons. The van der Waals surface area contributed by atoms with Gasteiger partial charge in [0.05, 0.1) is 19.8 Å². The molecule has 1 saturated heterocycles. The zero-order valence-electron chi connectivity index (χ0n) is 15.8. The van der Waals surface area contributed by atoms with E-state index in [1.807, 2.05) is 30.1 Å². The highest BCUT2D eigenvalue weighted by Gasteiger charge is 2.20. The molecule has 0 amide bonds. The topological polar surface area (TPSA) is 85.6 Å². The van der Waals surface area contributed by atoms with Crippen molar-refractivity contribution >= 4 is 0 Å². The number of nitrogens with zero attached hydrogens (tertiary/aromatic N) is 2. The third-order valence-electron chi connectivity index (χ3n) is 4.62. The zero-order chi connectivity index (χ0) is 18.9. The van der Waals surface area contributed by atoms with Crippen molar-refractivity contribution in [2.24, 2.45) is 0 Å². The minimum atomic E-state index is -0.592. The molecule has 0 aromatic heterocycles. The lowest BCUT2D eigenvalue weighted by atomic mass is 10.1. The fourth-order valence-corrected chi connectivity index (χ4v) is 3.13. The first kappa shape index (κ1) is 20.9. The Morgan fingerprint density at radius 3 is 2.65 bits per heavy atom. The van der Waals surface area contributed by atoms with Crippen LogP contribution in [0, 0.1) is 0 Å². The highest BCUT2D eigenvalue weighted by Crippen LogP contribution is 2.28. The summed E-state index contributed by atoms with van der Waals surface area (Å²) in [4.78, 5) is 4.17. The van der Waals surface area contributed by atoms with Crippen molar-refractivity contribution in [2.45, 2.75) is 31.6 Å². The van der Waals surface area contributed by atoms with Gasteiger partial charge in [-0.05, 0) is 37.6 Å². The Hall–Kier alpha value is -1.38. The molecule has 3 N–H and O–H groups in total. The van der Waals surface area contributed by atoms with Crippen molar-refractivity contribution in [2.75, 3.05) is 53.6 Å². The maximum atomic E-state index is 10.2. The lowest BCUT2D eigenvalue weighted by Crippen LogP contribution is -2.41. The second-order valence-corrected chi connectivity index (χ2v) is 6.94. The Balaban J connectivity index is 1.84. The van der Waals surface area contributed by atoms with E-state index in [1.54, 1.807) is 7.11 Å². The molecular weight excluding hydrogens is 336 g/mol. The molecule has 1 unspecified atom stereocenters. The number of methoxy groups -OCH3 is 1. The van der Waals surface area contributed by atoms with Crippen LogP contribution in [0.2, 0.25) is 0 Å². The van der Waals surface area contributed by atoms with Crippen molar-refractivity contribution < 1.29 is 24.8 Å². The van der Waals surface area contributed by atoms with Crippen molar-refractivity contribution in [3.05, 3.63) is 23.8 Å². The lowest BCUT2D eigenvalue weighted by Gasteiger charge is -2.30. The second-order valence-electron chi connectivity index (χ2n) is 6.94. The zero-order valence-corrected chi connectivity index (χ0v) is 15.8. The molecule has 1 atom stereocenters. The summed E-state index contributed by atoms with van der Waals surface area (Å²) in [7, 11) is 3.54. The lowest BCUT2D eigenvalue weighted by molar-refractivity contribution is 0.0333. The predicted molar refractivity (Wildman–Crippen MR) is 99.6 cm³/mol. The number of rotatable bonds is 10. The van der Waals surface area contributed by atoms with Crippen LogP contribution in [0.1, 0.15) is 18.4 Å². The van der Waals surface area contributed by atoms with Crippen LogP contribution in [0.3, 0.4) is 0 Å². The van der Waals surface area contributed by atoms with E-state index in [1.165, 1.54) is 0 Å². The van der Waals surface area contributed by atoms with Gasteiger partial charge in [-0.1, -0.05) is 6.07 Å². The average Bonchev–Trinajstić information content (AvgIpc) is 2.62. The minimum Gasteiger partial charge on any atom is -0.493 e. The van der Waals surface area contributed by atoms with E-state index in [4.69, 9.17) is 14.6 Å². The molecule has 0 saturated carbocycles. The molecule has 148 valence electrons. The van der Waals surface area contributed by atoms with Crippen LogP contribution in [0.4, 0.5) is 0 Å². The van der Waals surface area contributed by atoms with Gasteiger partial charge in [0.25, 0.3) is 0 Å². The van der Waals surface area contributed by atoms with Crippen LogP contribution in [0.25, 0.3) is 0 Å². The first-order chi connectivity index (χ1) is 12.5. The Labute approximate surface area is 155 Å². The van der Waals surface area contributed by atoms with E-state index < -0.39 is 6.10 Å². The van der Waals surface area contributed by atoms with Crippen LogP contribution < -0.4 is 9.47 Å². The van der Waals surface area contributed by atoms with Gasteiger partial charge in [0, 0.05) is 32.7 Å². The molecule has 0 spiro atoms. The molecule has 1 heterocycles. The third kappa shape index (κ3) is 6.74. The minimum absolute atomic E-state index is 0.128. The Morgan fingerprint density at radius 2 is 2.00 bits per heavy atom. The van der Waals surface area contributed by atoms with E-state index >= 15 is 0 Å². The third-order valence-corrected chi connectivity index (χ3v) is 4.62. The summed E-state index contributed by atoms with van der Waals surface area (Å²) in [6.07, 6.45) is 0.713. The summed E-state index contributed by atoms with van der Waals surface area (Å²) in [5.41, 5.74) is 1.07. The van der Waals surface area contributed by atoms with E-state index in [-0.39, 0.29) is 19.3 Å². The van der Waals surface area contributed by atoms with Crippen molar-refractivity contribution in [3.8, 4) is 11.5 Å². The number of likely N-dealkylation sites (tertiary alicyclic amines) is 1. The number of piperidine rings is 1. The smallest absolute Gasteiger partial charge is 0.161 e. The molecule has 2 rings (SSSR count). The van der Waals surface area contributed by atoms with Gasteiger partial charge < -0.3 is 29.7 Å². The largest absolute Gasteiger partial charge is 0.493 e. The summed E-state index contributed by atoms with van der Waals surface area (Å²) >= 11 is 0. The maximum absolute atomic E-state index is 10.2. The molecule has 0 bridgehead atoms. The SMILES string of the molecule is COc1cc(CN(C)CCO)ccc1OCC(O)CN1CCC(O)CC1. The van der Waals surface area contributed by atoms with Crippen molar-refractivity contribution in [3.63, 3.8) is 0 Å². The summed E-state index contributed by atoms with van der Waals surface area (Å²) in [5.74, 6) is 1.24. The number of β-amino-alcohol motifs (C(OH)–C–C–N with tert-alkyl or cyclic N) is 1. The van der Waals surface area contributed by atoms with Gasteiger partial charge in [0.1, 0.15) is 12.7 Å². The van der Waals surface area contributed by atoms with Crippen molar-refractivity contribution in [1.29, 1.82) is 0 Å². The van der Waals surface area contributed by atoms with E-state index in [0.29, 0.717) is 31.1 Å². The number of ether oxygens (including phenoxy) is 2. The fourth-order valence-electron chi connectivity index (χ4n) is 3.13. The molecule has 1 aliphatic rings. The number of benzene rings is 1. The normalized spacial score (nSPS) is 17.5. The molecule has 26 heavy (non-hydrogen) atoms. The highest BCUT2D eigenvalue weighted by molar-refractivity contribution is 5.43. The molecule has 7 nitrogen and oxygen atoms in total. The van der Waals surface area contributed by atoms with Gasteiger partial charge in [-0.25, -0.2) is 0 Å². The molecule has 1 fully saturated rings. The number of likely N-dealkylation sites (N-methyl/N-ethyl adjacent to an activating group) is 1. The van der Waals surface area contributed by atoms with Gasteiger partial charge in [0.2, 0.25) is 0 Å². The Kier molecular flexibility index (Phi) is 8.61. The summed E-state index contributed by atoms with van der Waals surface area (Å²) in [5, 5.41) is 28.7. The van der Waals surface area contributed by atoms with Gasteiger partial charge in [-0.2, -0.15) is 0 Å². The second kappa shape index (κ2) is 10.7. The maximum Gasteiger partial charge on any atom is 0.161 e. The van der Waals surface area contributed by atoms with Crippen LogP contribution in [-0.4, -0.2) is 90.9 Å². The Morgan fingerprint density at radius 1 is 1.27 bits per heavy atom. The molecule has 1 aromatic rings. The summed E-state index contributed by atoms with van der Waals surface area (Å²) in [6, 6.07) is 5.73. The molecule has 0 aliphatic carbocycles. The number of aliphatic hydroxyl groups is 3. The van der Waals surface area contributed by atoms with Crippen LogP contribution in [0.5, 0.6) is 11.5 Å². The monoisotopic (exact) mass is 368 g/mol. The molecular formula is C19H32N2O5. The average molecular weight is 368 g/mol. The van der Waals surface area contributed by atoms with Gasteiger partial charge in [-0.3, -0.25) is 4.90 Å². The van der Waals surface area contributed by atoms with Crippen molar-refractivity contribution in [1.82, 2.24) is 9.80 Å². The van der Waals surface area contributed by atoms with E-state index in [2.05, 4.69) is 4.90 Å². The van der Waals surface area contributed by atoms with E-state index in [9.17, 15) is 10.2 Å². The van der Waals surface area contributed by atoms with Gasteiger partial charge >= 0.3 is 0 Å². The molecule has 7 heteroatoms. The van der Waals surface area contributed by atoms with Crippen LogP contribution >= 0.6 is 0 Å².